The first-order valence-electron chi connectivity index (χ1n) is 6.53. The number of aryl methyl sites for hydroxylation is 3. The number of anilines is 1. The van der Waals surface area contributed by atoms with E-state index >= 15 is 0 Å². The number of nitrogen functional groups attached to an aromatic ring is 1. The number of nitrogens with one attached hydrogen (secondary N) is 1. The molecule has 1 aromatic heterocycles. The van der Waals surface area contributed by atoms with Crippen molar-refractivity contribution in [3.63, 3.8) is 0 Å². The third kappa shape index (κ3) is 2.66. The lowest BCUT2D eigenvalue weighted by Gasteiger charge is -2.09. The van der Waals surface area contributed by atoms with Crippen molar-refractivity contribution in [1.29, 1.82) is 0 Å². The van der Waals surface area contributed by atoms with E-state index in [1.165, 1.54) is 0 Å². The second-order valence-electron chi connectivity index (χ2n) is 5.03. The van der Waals surface area contributed by atoms with Crippen molar-refractivity contribution in [3.05, 3.63) is 46.3 Å². The van der Waals surface area contributed by atoms with Gasteiger partial charge in [0.2, 0.25) is 0 Å². The maximum Gasteiger partial charge on any atom is 0.251 e. The topological polar surface area (TPSA) is 72.9 Å². The van der Waals surface area contributed by atoms with E-state index in [4.69, 9.17) is 5.73 Å². The van der Waals surface area contributed by atoms with Crippen molar-refractivity contribution in [3.8, 4) is 0 Å². The number of aromatic nitrogens is 2. The van der Waals surface area contributed by atoms with Crippen LogP contribution in [0, 0.1) is 20.8 Å². The second-order valence-corrected chi connectivity index (χ2v) is 5.03. The zero-order chi connectivity index (χ0) is 14.9. The average molecular weight is 272 g/mol. The summed E-state index contributed by atoms with van der Waals surface area (Å²) in [4.78, 5) is 12.2. The fraction of sp³-hybridized carbons (Fsp3) is 0.333. The summed E-state index contributed by atoms with van der Waals surface area (Å²) in [6.45, 7) is 6.31. The van der Waals surface area contributed by atoms with E-state index in [2.05, 4.69) is 10.4 Å². The van der Waals surface area contributed by atoms with Gasteiger partial charge in [0, 0.05) is 36.1 Å². The number of rotatable bonds is 3. The molecule has 20 heavy (non-hydrogen) atoms. The molecule has 5 nitrogen and oxygen atoms in total. The predicted octanol–water partition coefficient (Wildman–Crippen LogP) is 1.86. The fourth-order valence-electron chi connectivity index (χ4n) is 2.22. The summed E-state index contributed by atoms with van der Waals surface area (Å²) in [5, 5.41) is 7.27. The van der Waals surface area contributed by atoms with Gasteiger partial charge in [-0.2, -0.15) is 5.10 Å². The largest absolute Gasteiger partial charge is 0.399 e. The minimum Gasteiger partial charge on any atom is -0.399 e. The molecule has 3 N–H and O–H groups in total. The quantitative estimate of drug-likeness (QED) is 0.838. The van der Waals surface area contributed by atoms with Crippen molar-refractivity contribution >= 4 is 11.6 Å². The highest BCUT2D eigenvalue weighted by molar-refractivity contribution is 5.96. The molecule has 0 bridgehead atoms. The molecule has 0 saturated heterocycles. The molecule has 0 saturated carbocycles. The average Bonchev–Trinajstić information content (AvgIpc) is 2.64. The third-order valence-corrected chi connectivity index (χ3v) is 3.59. The van der Waals surface area contributed by atoms with Crippen molar-refractivity contribution in [2.45, 2.75) is 27.3 Å². The minimum atomic E-state index is -0.113. The summed E-state index contributed by atoms with van der Waals surface area (Å²) >= 11 is 0. The Balaban J connectivity index is 2.15. The zero-order valence-electron chi connectivity index (χ0n) is 12.3. The lowest BCUT2D eigenvalue weighted by molar-refractivity contribution is 0.0950. The summed E-state index contributed by atoms with van der Waals surface area (Å²) in [6, 6.07) is 5.35. The molecule has 5 heteroatoms. The van der Waals surface area contributed by atoms with Crippen LogP contribution in [0.2, 0.25) is 0 Å². The van der Waals surface area contributed by atoms with Crippen molar-refractivity contribution in [2.24, 2.45) is 7.05 Å². The number of hydrogen-bond donors (Lipinski definition) is 2. The molecular weight excluding hydrogens is 252 g/mol. The van der Waals surface area contributed by atoms with Crippen molar-refractivity contribution < 1.29 is 4.79 Å². The Morgan fingerprint density at radius 2 is 2.05 bits per heavy atom. The molecule has 0 unspecified atom stereocenters. The van der Waals surface area contributed by atoms with Crippen LogP contribution in [-0.2, 0) is 13.6 Å². The Bertz CT molecular complexity index is 658. The van der Waals surface area contributed by atoms with E-state index in [0.29, 0.717) is 17.8 Å². The van der Waals surface area contributed by atoms with E-state index in [0.717, 1.165) is 22.5 Å². The van der Waals surface area contributed by atoms with Gasteiger partial charge in [0.1, 0.15) is 0 Å². The smallest absolute Gasteiger partial charge is 0.251 e. The highest BCUT2D eigenvalue weighted by atomic mass is 16.1. The molecule has 0 aliphatic carbocycles. The van der Waals surface area contributed by atoms with Crippen LogP contribution in [0.5, 0.6) is 0 Å². The van der Waals surface area contributed by atoms with E-state index in [1.807, 2.05) is 38.6 Å². The van der Waals surface area contributed by atoms with Crippen LogP contribution in [-0.4, -0.2) is 15.7 Å². The molecule has 1 aromatic carbocycles. The van der Waals surface area contributed by atoms with Crippen molar-refractivity contribution in [1.82, 2.24) is 15.1 Å². The lowest BCUT2D eigenvalue weighted by Crippen LogP contribution is -2.24. The summed E-state index contributed by atoms with van der Waals surface area (Å²) in [5.74, 6) is -0.113. The Labute approximate surface area is 118 Å². The van der Waals surface area contributed by atoms with Crippen LogP contribution >= 0.6 is 0 Å². The molecule has 0 fully saturated rings. The van der Waals surface area contributed by atoms with Gasteiger partial charge in [0.25, 0.3) is 5.91 Å². The monoisotopic (exact) mass is 272 g/mol. The van der Waals surface area contributed by atoms with Crippen LogP contribution < -0.4 is 11.1 Å². The van der Waals surface area contributed by atoms with Gasteiger partial charge in [-0.1, -0.05) is 6.07 Å². The summed E-state index contributed by atoms with van der Waals surface area (Å²) in [5.41, 5.74) is 10.9. The summed E-state index contributed by atoms with van der Waals surface area (Å²) in [6.07, 6.45) is 0. The maximum atomic E-state index is 12.2. The molecule has 0 aliphatic heterocycles. The summed E-state index contributed by atoms with van der Waals surface area (Å²) < 4.78 is 1.82. The van der Waals surface area contributed by atoms with Crippen LogP contribution in [0.15, 0.2) is 18.2 Å². The second kappa shape index (κ2) is 5.36. The normalized spacial score (nSPS) is 10.6. The molecule has 0 aliphatic rings. The number of amides is 1. The van der Waals surface area contributed by atoms with Crippen LogP contribution in [0.4, 0.5) is 5.69 Å². The highest BCUT2D eigenvalue weighted by Crippen LogP contribution is 2.14. The number of carbonyl (C=O) groups is 1. The predicted molar refractivity (Wildman–Crippen MR) is 79.4 cm³/mol. The van der Waals surface area contributed by atoms with Crippen molar-refractivity contribution in [2.75, 3.05) is 5.73 Å². The summed E-state index contributed by atoms with van der Waals surface area (Å²) in [7, 11) is 1.90. The lowest BCUT2D eigenvalue weighted by atomic mass is 10.1. The first-order valence-corrected chi connectivity index (χ1v) is 6.53. The Morgan fingerprint density at radius 1 is 1.35 bits per heavy atom. The number of benzene rings is 1. The maximum absolute atomic E-state index is 12.2. The number of carbonyl (C=O) groups excluding carboxylic acids is 1. The Hall–Kier alpha value is -2.30. The van der Waals surface area contributed by atoms with Gasteiger partial charge >= 0.3 is 0 Å². The van der Waals surface area contributed by atoms with Crippen LogP contribution in [0.1, 0.15) is 32.9 Å². The van der Waals surface area contributed by atoms with Gasteiger partial charge in [0.05, 0.1) is 5.69 Å². The first kappa shape index (κ1) is 14.1. The molecule has 1 amide bonds. The number of hydrogen-bond acceptors (Lipinski definition) is 3. The standard InChI is InChI=1S/C15H20N4O/c1-9-5-6-12(16)7-13(9)15(20)17-8-14-10(2)18-19(4)11(14)3/h5-7H,8,16H2,1-4H3,(H,17,20). The number of nitrogens with two attached hydrogens (primary N) is 1. The molecule has 2 rings (SSSR count). The zero-order valence-corrected chi connectivity index (χ0v) is 12.3. The molecule has 0 atom stereocenters. The van der Waals surface area contributed by atoms with Gasteiger partial charge in [-0.3, -0.25) is 9.48 Å². The number of nitrogens with zero attached hydrogens (tertiary/aromatic N) is 2. The minimum absolute atomic E-state index is 0.113. The molecule has 0 spiro atoms. The van der Waals surface area contributed by atoms with Gasteiger partial charge in [-0.25, -0.2) is 0 Å². The molecule has 0 radical (unpaired) electrons. The Morgan fingerprint density at radius 3 is 2.65 bits per heavy atom. The van der Waals surface area contributed by atoms with Gasteiger partial charge in [0.15, 0.2) is 0 Å². The molecular formula is C15H20N4O. The third-order valence-electron chi connectivity index (χ3n) is 3.59. The van der Waals surface area contributed by atoms with E-state index in [-0.39, 0.29) is 5.91 Å². The van der Waals surface area contributed by atoms with Crippen LogP contribution in [0.3, 0.4) is 0 Å². The molecule has 106 valence electrons. The van der Waals surface area contributed by atoms with Gasteiger partial charge < -0.3 is 11.1 Å². The molecule has 2 aromatic rings. The van der Waals surface area contributed by atoms with Gasteiger partial charge in [-0.05, 0) is 38.5 Å². The first-order chi connectivity index (χ1) is 9.40. The van der Waals surface area contributed by atoms with E-state index in [9.17, 15) is 4.79 Å². The van der Waals surface area contributed by atoms with Gasteiger partial charge in [-0.15, -0.1) is 0 Å². The van der Waals surface area contributed by atoms with E-state index < -0.39 is 0 Å². The fourth-order valence-corrected chi connectivity index (χ4v) is 2.22. The SMILES string of the molecule is Cc1ccc(N)cc1C(=O)NCc1c(C)nn(C)c1C. The molecule has 1 heterocycles. The van der Waals surface area contributed by atoms with E-state index in [1.54, 1.807) is 12.1 Å². The Kier molecular flexibility index (Phi) is 3.79. The van der Waals surface area contributed by atoms with Crippen LogP contribution in [0.25, 0.3) is 0 Å². The highest BCUT2D eigenvalue weighted by Gasteiger charge is 2.13.